The van der Waals surface area contributed by atoms with Crippen molar-refractivity contribution in [2.24, 2.45) is 0 Å². The zero-order chi connectivity index (χ0) is 27.4. The Morgan fingerprint density at radius 2 is 0.868 bits per heavy atom. The van der Waals surface area contributed by atoms with E-state index in [2.05, 4.69) is 20.8 Å². The molecule has 5 heteroatoms. The summed E-state index contributed by atoms with van der Waals surface area (Å²) in [6.07, 6.45) is 27.5. The zero-order valence-corrected chi connectivity index (χ0v) is 26.5. The SMILES string of the molecule is CCCCCCCCCO[PH](CCCCCCCCC)(OCCCCCCCCC)OOc1ccccc1. The summed E-state index contributed by atoms with van der Waals surface area (Å²) in [6, 6.07) is 9.79. The molecule has 0 unspecified atom stereocenters. The Hall–Kier alpha value is -0.670. The summed E-state index contributed by atoms with van der Waals surface area (Å²) < 4.78 is 19.3. The molecule has 0 bridgehead atoms. The van der Waals surface area contributed by atoms with Crippen LogP contribution in [0.1, 0.15) is 156 Å². The van der Waals surface area contributed by atoms with Gasteiger partial charge in [-0.05, 0) is 0 Å². The van der Waals surface area contributed by atoms with Gasteiger partial charge in [-0.1, -0.05) is 0 Å². The van der Waals surface area contributed by atoms with Crippen LogP contribution in [0.5, 0.6) is 5.75 Å². The summed E-state index contributed by atoms with van der Waals surface area (Å²) >= 11 is 0. The molecule has 1 aromatic rings. The van der Waals surface area contributed by atoms with Crippen molar-refractivity contribution in [2.75, 3.05) is 19.4 Å². The third-order valence-corrected chi connectivity index (χ3v) is 9.83. The van der Waals surface area contributed by atoms with Crippen molar-refractivity contribution in [3.63, 3.8) is 0 Å². The van der Waals surface area contributed by atoms with E-state index < -0.39 is 7.94 Å². The van der Waals surface area contributed by atoms with Gasteiger partial charge in [0.1, 0.15) is 0 Å². The Labute approximate surface area is 237 Å². The molecule has 0 aromatic heterocycles. The predicted molar refractivity (Wildman–Crippen MR) is 167 cm³/mol. The van der Waals surface area contributed by atoms with Crippen LogP contribution in [0.2, 0.25) is 0 Å². The molecule has 0 amide bonds. The molecular weight excluding hydrogens is 491 g/mol. The van der Waals surface area contributed by atoms with Crippen molar-refractivity contribution in [1.29, 1.82) is 0 Å². The number of hydrogen-bond acceptors (Lipinski definition) is 4. The van der Waals surface area contributed by atoms with Gasteiger partial charge in [0.25, 0.3) is 0 Å². The van der Waals surface area contributed by atoms with E-state index in [9.17, 15) is 0 Å². The van der Waals surface area contributed by atoms with Gasteiger partial charge in [-0.25, -0.2) is 0 Å². The van der Waals surface area contributed by atoms with Crippen molar-refractivity contribution < 1.29 is 18.6 Å². The van der Waals surface area contributed by atoms with Crippen LogP contribution >= 0.6 is 7.94 Å². The number of benzene rings is 1. The molecule has 0 heterocycles. The predicted octanol–water partition coefficient (Wildman–Crippen LogP) is 11.8. The molecule has 0 aliphatic heterocycles. The maximum atomic E-state index is 6.55. The van der Waals surface area contributed by atoms with Gasteiger partial charge in [-0.15, -0.1) is 0 Å². The van der Waals surface area contributed by atoms with Crippen LogP contribution in [0.25, 0.3) is 0 Å². The van der Waals surface area contributed by atoms with Gasteiger partial charge in [0.2, 0.25) is 0 Å². The molecule has 4 nitrogen and oxygen atoms in total. The van der Waals surface area contributed by atoms with E-state index in [-0.39, 0.29) is 0 Å². The normalized spacial score (nSPS) is 12.2. The molecule has 224 valence electrons. The van der Waals surface area contributed by atoms with E-state index in [1.807, 2.05) is 30.3 Å². The molecule has 0 aliphatic rings. The van der Waals surface area contributed by atoms with Crippen LogP contribution in [0.4, 0.5) is 0 Å². The van der Waals surface area contributed by atoms with Gasteiger partial charge < -0.3 is 0 Å². The van der Waals surface area contributed by atoms with E-state index in [0.29, 0.717) is 19.0 Å². The summed E-state index contributed by atoms with van der Waals surface area (Å²) in [7, 11) is -2.94. The van der Waals surface area contributed by atoms with Crippen LogP contribution in [0.3, 0.4) is 0 Å². The minimum atomic E-state index is -2.94. The zero-order valence-electron chi connectivity index (χ0n) is 25.5. The summed E-state index contributed by atoms with van der Waals surface area (Å²) in [5.41, 5.74) is 0. The van der Waals surface area contributed by atoms with Gasteiger partial charge in [0.05, 0.1) is 0 Å². The van der Waals surface area contributed by atoms with Crippen molar-refractivity contribution in [1.82, 2.24) is 0 Å². The number of rotatable bonds is 29. The van der Waals surface area contributed by atoms with Gasteiger partial charge in [0.15, 0.2) is 0 Å². The van der Waals surface area contributed by atoms with Gasteiger partial charge >= 0.3 is 238 Å². The van der Waals surface area contributed by atoms with Gasteiger partial charge in [-0.2, -0.15) is 0 Å². The van der Waals surface area contributed by atoms with Gasteiger partial charge in [-0.3, -0.25) is 0 Å². The number of para-hydroxylation sites is 1. The first kappa shape index (κ1) is 35.4. The summed E-state index contributed by atoms with van der Waals surface area (Å²) in [5, 5.41) is 0. The van der Waals surface area contributed by atoms with Gasteiger partial charge in [0, 0.05) is 0 Å². The third kappa shape index (κ3) is 20.3. The Balaban J connectivity index is 2.64. The Morgan fingerprint density at radius 1 is 0.474 bits per heavy atom. The van der Waals surface area contributed by atoms with Crippen molar-refractivity contribution in [2.45, 2.75) is 156 Å². The fourth-order valence-corrected chi connectivity index (χ4v) is 7.10. The molecule has 0 fully saturated rings. The Kier molecular flexibility index (Phi) is 24.7. The molecule has 0 atom stereocenters. The first-order valence-corrected chi connectivity index (χ1v) is 18.4. The van der Waals surface area contributed by atoms with E-state index in [1.54, 1.807) is 0 Å². The average molecular weight is 555 g/mol. The standard InChI is InChI=1S/C33H63O4P/c1-4-7-10-13-16-19-25-30-34-38(32-27-21-18-15-12-9-6-3,37-36-33-28-23-22-24-29-33)35-31-26-20-17-14-11-8-5-2/h22-24,28-29,38H,4-21,25-27,30-32H2,1-3H3. The second kappa shape index (κ2) is 26.5. The fourth-order valence-electron chi connectivity index (χ4n) is 4.74. The minimum absolute atomic E-state index is 0.700. The molecule has 0 N–H and O–H groups in total. The first-order valence-electron chi connectivity index (χ1n) is 16.4. The molecule has 1 rings (SSSR count). The monoisotopic (exact) mass is 554 g/mol. The summed E-state index contributed by atoms with van der Waals surface area (Å²) in [5.74, 6) is 0.711. The van der Waals surface area contributed by atoms with Crippen molar-refractivity contribution in [3.05, 3.63) is 30.3 Å². The van der Waals surface area contributed by atoms with Crippen LogP contribution in [0.15, 0.2) is 30.3 Å². The number of unbranched alkanes of at least 4 members (excludes halogenated alkanes) is 18. The van der Waals surface area contributed by atoms with E-state index >= 15 is 0 Å². The molecule has 38 heavy (non-hydrogen) atoms. The second-order valence-corrected chi connectivity index (χ2v) is 13.6. The van der Waals surface area contributed by atoms with Crippen molar-refractivity contribution in [3.8, 4) is 5.75 Å². The maximum absolute atomic E-state index is 6.55. The third-order valence-electron chi connectivity index (χ3n) is 7.23. The molecule has 0 aliphatic carbocycles. The van der Waals surface area contributed by atoms with Crippen molar-refractivity contribution >= 4 is 7.94 Å². The molecule has 0 spiro atoms. The fraction of sp³-hybridized carbons (Fsp3) is 0.818. The van der Waals surface area contributed by atoms with E-state index in [0.717, 1.165) is 25.4 Å². The Morgan fingerprint density at radius 3 is 1.32 bits per heavy atom. The molecule has 0 radical (unpaired) electrons. The Bertz CT molecular complexity index is 578. The van der Waals surface area contributed by atoms with Crippen LogP contribution in [0, 0.1) is 0 Å². The molecule has 0 saturated heterocycles. The quantitative estimate of drug-likeness (QED) is 0.0427. The molecular formula is C33H63O4P. The van der Waals surface area contributed by atoms with E-state index in [1.165, 1.54) is 116 Å². The second-order valence-electron chi connectivity index (χ2n) is 11.0. The molecule has 1 aromatic carbocycles. The average Bonchev–Trinajstić information content (AvgIpc) is 2.94. The van der Waals surface area contributed by atoms with Crippen LogP contribution in [-0.2, 0) is 13.7 Å². The van der Waals surface area contributed by atoms with Crippen LogP contribution < -0.4 is 4.89 Å². The van der Waals surface area contributed by atoms with E-state index in [4.69, 9.17) is 18.6 Å². The summed E-state index contributed by atoms with van der Waals surface area (Å²) in [4.78, 5) is 5.84. The van der Waals surface area contributed by atoms with Crippen LogP contribution in [-0.4, -0.2) is 19.4 Å². The summed E-state index contributed by atoms with van der Waals surface area (Å²) in [6.45, 7) is 8.22. The molecule has 0 saturated carbocycles. The first-order chi connectivity index (χ1) is 18.8. The number of hydrogen-bond donors (Lipinski definition) is 0. The topological polar surface area (TPSA) is 36.9 Å².